The van der Waals surface area contributed by atoms with E-state index in [9.17, 15) is 14.7 Å². The van der Waals surface area contributed by atoms with Crippen LogP contribution in [0.2, 0.25) is 0 Å². The third kappa shape index (κ3) is 3.60. The summed E-state index contributed by atoms with van der Waals surface area (Å²) in [6.45, 7) is 6.19. The highest BCUT2D eigenvalue weighted by Gasteiger charge is 2.45. The lowest BCUT2D eigenvalue weighted by Gasteiger charge is -2.25. The number of amides is 1. The zero-order valence-corrected chi connectivity index (χ0v) is 15.6. The van der Waals surface area contributed by atoms with Crippen LogP contribution in [-0.4, -0.2) is 28.3 Å². The molecular weight excluding hydrogens is 346 g/mol. The molecule has 0 fully saturated rings. The molecule has 0 saturated heterocycles. The minimum atomic E-state index is -0.742. The van der Waals surface area contributed by atoms with Crippen molar-refractivity contribution in [2.45, 2.75) is 33.4 Å². The van der Waals surface area contributed by atoms with E-state index >= 15 is 0 Å². The first-order valence-corrected chi connectivity index (χ1v) is 8.97. The molecule has 1 amide bonds. The van der Waals surface area contributed by atoms with E-state index in [1.807, 2.05) is 31.2 Å². The lowest BCUT2D eigenvalue weighted by Crippen LogP contribution is -2.30. The first-order chi connectivity index (χ1) is 12.9. The molecule has 0 radical (unpaired) electrons. The number of furan rings is 1. The summed E-state index contributed by atoms with van der Waals surface area (Å²) in [6, 6.07) is 10.0. The number of ether oxygens (including phenoxy) is 1. The first-order valence-electron chi connectivity index (χ1n) is 8.97. The minimum Gasteiger partial charge on any atom is -0.503 e. The van der Waals surface area contributed by atoms with Gasteiger partial charge in [-0.25, -0.2) is 0 Å². The largest absolute Gasteiger partial charge is 0.503 e. The number of hydrogen-bond donors (Lipinski definition) is 1. The number of hydrogen-bond acceptors (Lipinski definition) is 5. The lowest BCUT2D eigenvalue weighted by atomic mass is 9.94. The standard InChI is InChI=1S/C21H23NO5/c1-4-26-15-9-7-14(8-10-15)12-22-18(16-6-5-11-27-16)17(19(23)13(2)3)20(24)21(22)25/h5-11,13,18,24H,4,12H2,1-3H3. The van der Waals surface area contributed by atoms with Crippen molar-refractivity contribution in [2.24, 2.45) is 5.92 Å². The topological polar surface area (TPSA) is 80.0 Å². The van der Waals surface area contributed by atoms with Gasteiger partial charge in [0.05, 0.1) is 18.4 Å². The van der Waals surface area contributed by atoms with Gasteiger partial charge in [-0.05, 0) is 36.8 Å². The Bertz CT molecular complexity index is 849. The summed E-state index contributed by atoms with van der Waals surface area (Å²) in [7, 11) is 0. The Hall–Kier alpha value is -3.02. The van der Waals surface area contributed by atoms with Gasteiger partial charge >= 0.3 is 0 Å². The van der Waals surface area contributed by atoms with E-state index in [-0.39, 0.29) is 23.8 Å². The van der Waals surface area contributed by atoms with Gasteiger partial charge in [0.15, 0.2) is 11.5 Å². The summed E-state index contributed by atoms with van der Waals surface area (Å²) >= 11 is 0. The van der Waals surface area contributed by atoms with Gasteiger partial charge in [-0.3, -0.25) is 9.59 Å². The normalized spacial score (nSPS) is 17.1. The molecule has 142 valence electrons. The van der Waals surface area contributed by atoms with Gasteiger partial charge in [0, 0.05) is 12.5 Å². The smallest absolute Gasteiger partial charge is 0.290 e. The fourth-order valence-corrected chi connectivity index (χ4v) is 3.18. The molecule has 27 heavy (non-hydrogen) atoms. The van der Waals surface area contributed by atoms with Crippen molar-refractivity contribution in [3.63, 3.8) is 0 Å². The van der Waals surface area contributed by atoms with Crippen molar-refractivity contribution in [1.29, 1.82) is 0 Å². The van der Waals surface area contributed by atoms with Gasteiger partial charge in [-0.2, -0.15) is 0 Å². The molecule has 0 aliphatic carbocycles. The van der Waals surface area contributed by atoms with Crippen LogP contribution in [0, 0.1) is 5.92 Å². The average molecular weight is 369 g/mol. The summed E-state index contributed by atoms with van der Waals surface area (Å²) in [5.41, 5.74) is 0.949. The Labute approximate surface area is 158 Å². The maximum Gasteiger partial charge on any atom is 0.290 e. The maximum atomic E-state index is 12.7. The van der Waals surface area contributed by atoms with Crippen molar-refractivity contribution in [1.82, 2.24) is 4.90 Å². The molecule has 0 saturated carbocycles. The molecule has 2 aromatic rings. The van der Waals surface area contributed by atoms with E-state index in [0.29, 0.717) is 12.4 Å². The summed E-state index contributed by atoms with van der Waals surface area (Å²) < 4.78 is 10.9. The van der Waals surface area contributed by atoms with Crippen LogP contribution < -0.4 is 4.74 Å². The summed E-state index contributed by atoms with van der Waals surface area (Å²) in [4.78, 5) is 26.8. The molecule has 6 nitrogen and oxygen atoms in total. The molecule has 1 aromatic heterocycles. The van der Waals surface area contributed by atoms with Crippen LogP contribution in [0.5, 0.6) is 5.75 Å². The number of carbonyl (C=O) groups is 2. The van der Waals surface area contributed by atoms with Crippen molar-refractivity contribution in [2.75, 3.05) is 6.61 Å². The predicted octanol–water partition coefficient (Wildman–Crippen LogP) is 3.80. The zero-order valence-electron chi connectivity index (χ0n) is 15.6. The minimum absolute atomic E-state index is 0.0934. The molecule has 2 heterocycles. The van der Waals surface area contributed by atoms with Gasteiger partial charge in [-0.1, -0.05) is 26.0 Å². The highest BCUT2D eigenvalue weighted by atomic mass is 16.5. The van der Waals surface area contributed by atoms with E-state index < -0.39 is 17.7 Å². The fraction of sp³-hybridized carbons (Fsp3) is 0.333. The van der Waals surface area contributed by atoms with Crippen LogP contribution in [0.25, 0.3) is 0 Å². The number of nitrogens with zero attached hydrogens (tertiary/aromatic N) is 1. The van der Waals surface area contributed by atoms with Crippen molar-refractivity contribution in [3.8, 4) is 5.75 Å². The second-order valence-corrected chi connectivity index (χ2v) is 6.71. The van der Waals surface area contributed by atoms with E-state index in [1.165, 1.54) is 11.2 Å². The van der Waals surface area contributed by atoms with Crippen LogP contribution >= 0.6 is 0 Å². The Morgan fingerprint density at radius 3 is 2.52 bits per heavy atom. The third-order valence-corrected chi connectivity index (χ3v) is 4.49. The molecule has 1 aromatic carbocycles. The lowest BCUT2D eigenvalue weighted by molar-refractivity contribution is -0.130. The molecule has 1 aliphatic rings. The van der Waals surface area contributed by atoms with Gasteiger partial charge < -0.3 is 19.2 Å². The molecule has 1 N–H and O–H groups in total. The average Bonchev–Trinajstić information content (AvgIpc) is 3.25. The van der Waals surface area contributed by atoms with Crippen molar-refractivity contribution in [3.05, 3.63) is 65.3 Å². The van der Waals surface area contributed by atoms with Gasteiger partial charge in [0.1, 0.15) is 17.6 Å². The van der Waals surface area contributed by atoms with Crippen LogP contribution in [-0.2, 0) is 16.1 Å². The Morgan fingerprint density at radius 1 is 1.26 bits per heavy atom. The van der Waals surface area contributed by atoms with E-state index in [1.54, 1.807) is 26.0 Å². The van der Waals surface area contributed by atoms with Gasteiger partial charge in [-0.15, -0.1) is 0 Å². The number of aliphatic hydroxyl groups is 1. The Morgan fingerprint density at radius 2 is 1.96 bits per heavy atom. The number of Topliss-reactive ketones (excluding diaryl/α,β-unsaturated/α-hetero) is 1. The predicted molar refractivity (Wildman–Crippen MR) is 99.1 cm³/mol. The second kappa shape index (κ2) is 7.70. The molecule has 1 unspecified atom stereocenters. The summed E-state index contributed by atoms with van der Waals surface area (Å²) in [5, 5.41) is 10.4. The molecule has 1 atom stereocenters. The Balaban J connectivity index is 1.94. The molecule has 6 heteroatoms. The first kappa shape index (κ1) is 18.8. The highest BCUT2D eigenvalue weighted by Crippen LogP contribution is 2.40. The highest BCUT2D eigenvalue weighted by molar-refractivity contribution is 6.09. The van der Waals surface area contributed by atoms with E-state index in [2.05, 4.69) is 0 Å². The van der Waals surface area contributed by atoms with Crippen LogP contribution in [0.4, 0.5) is 0 Å². The number of benzene rings is 1. The van der Waals surface area contributed by atoms with E-state index in [0.717, 1.165) is 11.3 Å². The maximum absolute atomic E-state index is 12.7. The second-order valence-electron chi connectivity index (χ2n) is 6.71. The monoisotopic (exact) mass is 369 g/mol. The SMILES string of the molecule is CCOc1ccc(CN2C(=O)C(O)=C(C(=O)C(C)C)C2c2ccco2)cc1. The van der Waals surface area contributed by atoms with Crippen molar-refractivity contribution >= 4 is 11.7 Å². The third-order valence-electron chi connectivity index (χ3n) is 4.49. The van der Waals surface area contributed by atoms with Gasteiger partial charge in [0.25, 0.3) is 5.91 Å². The fourth-order valence-electron chi connectivity index (χ4n) is 3.18. The number of rotatable bonds is 7. The number of carbonyl (C=O) groups excluding carboxylic acids is 2. The summed E-state index contributed by atoms with van der Waals surface area (Å²) in [6.07, 6.45) is 1.49. The number of aliphatic hydroxyl groups excluding tert-OH is 1. The number of ketones is 1. The molecular formula is C21H23NO5. The molecule has 1 aliphatic heterocycles. The van der Waals surface area contributed by atoms with Crippen LogP contribution in [0.3, 0.4) is 0 Å². The van der Waals surface area contributed by atoms with Crippen LogP contribution in [0.1, 0.15) is 38.1 Å². The summed E-state index contributed by atoms with van der Waals surface area (Å²) in [5.74, 6) is -0.500. The zero-order chi connectivity index (χ0) is 19.6. The molecule has 0 bridgehead atoms. The molecule has 3 rings (SSSR count). The van der Waals surface area contributed by atoms with Crippen molar-refractivity contribution < 1.29 is 23.8 Å². The van der Waals surface area contributed by atoms with E-state index in [4.69, 9.17) is 9.15 Å². The van der Waals surface area contributed by atoms with Crippen LogP contribution in [0.15, 0.2) is 58.4 Å². The van der Waals surface area contributed by atoms with Gasteiger partial charge in [0.2, 0.25) is 0 Å². The molecule has 0 spiro atoms. The quantitative estimate of drug-likeness (QED) is 0.803. The Kier molecular flexibility index (Phi) is 5.35.